The molecule has 0 aliphatic carbocycles. The van der Waals surface area contributed by atoms with Crippen molar-refractivity contribution in [2.24, 2.45) is 0 Å². The Balaban J connectivity index is 1.94. The lowest BCUT2D eigenvalue weighted by Crippen LogP contribution is -2.30. The smallest absolute Gasteiger partial charge is 0.320 e. The lowest BCUT2D eigenvalue weighted by atomic mass is 10.1. The summed E-state index contributed by atoms with van der Waals surface area (Å²) in [6, 6.07) is 7.10. The van der Waals surface area contributed by atoms with Crippen LogP contribution in [0.2, 0.25) is 5.02 Å². The van der Waals surface area contributed by atoms with Crippen molar-refractivity contribution in [1.29, 1.82) is 0 Å². The van der Waals surface area contributed by atoms with Crippen LogP contribution in [-0.4, -0.2) is 29.7 Å². The van der Waals surface area contributed by atoms with E-state index >= 15 is 0 Å². The van der Waals surface area contributed by atoms with Gasteiger partial charge in [0.15, 0.2) is 0 Å². The Bertz CT molecular complexity index is 397. The van der Waals surface area contributed by atoms with Crippen LogP contribution in [0.15, 0.2) is 24.3 Å². The average Bonchev–Trinajstić information content (AvgIpc) is 2.66. The summed E-state index contributed by atoms with van der Waals surface area (Å²) in [7, 11) is 0. The molecule has 1 heterocycles. The molecule has 3 N–H and O–H groups in total. The number of anilines is 1. The Morgan fingerprint density at radius 3 is 3.00 bits per heavy atom. The molecule has 1 aliphatic heterocycles. The highest BCUT2D eigenvalue weighted by atomic mass is 35.5. The summed E-state index contributed by atoms with van der Waals surface area (Å²) in [6.07, 6.45) is 0.585. The standard InChI is InChI=1S/C11H13ClN2O2/c12-7-2-1-3-8(4-7)14-9-5-10(11(15)16)13-6-9/h1-4,9-10,13-14H,5-6H2,(H,15,16). The van der Waals surface area contributed by atoms with E-state index < -0.39 is 12.0 Å². The summed E-state index contributed by atoms with van der Waals surface area (Å²) in [5, 5.41) is 15.7. The number of rotatable bonds is 3. The first-order valence-corrected chi connectivity index (χ1v) is 5.51. The van der Waals surface area contributed by atoms with Crippen molar-refractivity contribution < 1.29 is 9.90 Å². The van der Waals surface area contributed by atoms with Gasteiger partial charge in [-0.3, -0.25) is 4.79 Å². The second kappa shape index (κ2) is 4.72. The molecule has 2 atom stereocenters. The van der Waals surface area contributed by atoms with Crippen molar-refractivity contribution in [3.8, 4) is 0 Å². The first kappa shape index (κ1) is 11.2. The van der Waals surface area contributed by atoms with Gasteiger partial charge in [-0.15, -0.1) is 0 Å². The molecule has 0 radical (unpaired) electrons. The molecule has 0 amide bonds. The summed E-state index contributed by atoms with van der Waals surface area (Å²) in [4.78, 5) is 10.7. The van der Waals surface area contributed by atoms with Gasteiger partial charge in [-0.25, -0.2) is 0 Å². The first-order chi connectivity index (χ1) is 7.65. The fourth-order valence-corrected chi connectivity index (χ4v) is 2.04. The minimum absolute atomic E-state index is 0.138. The van der Waals surface area contributed by atoms with E-state index in [2.05, 4.69) is 10.6 Å². The molecule has 1 saturated heterocycles. The molecule has 5 heteroatoms. The Kier molecular flexibility index (Phi) is 3.31. The molecule has 1 aromatic carbocycles. The third-order valence-corrected chi connectivity index (χ3v) is 2.86. The van der Waals surface area contributed by atoms with Crippen LogP contribution < -0.4 is 10.6 Å². The molecular formula is C11H13ClN2O2. The van der Waals surface area contributed by atoms with Gasteiger partial charge in [0, 0.05) is 23.3 Å². The van der Waals surface area contributed by atoms with E-state index in [1.165, 1.54) is 0 Å². The highest BCUT2D eigenvalue weighted by Gasteiger charge is 2.28. The summed E-state index contributed by atoms with van der Waals surface area (Å²) >= 11 is 5.86. The average molecular weight is 241 g/mol. The highest BCUT2D eigenvalue weighted by molar-refractivity contribution is 6.30. The van der Waals surface area contributed by atoms with Crippen molar-refractivity contribution in [2.45, 2.75) is 18.5 Å². The van der Waals surface area contributed by atoms with Gasteiger partial charge in [0.25, 0.3) is 0 Å². The minimum atomic E-state index is -0.796. The van der Waals surface area contributed by atoms with E-state index in [0.29, 0.717) is 18.0 Å². The maximum Gasteiger partial charge on any atom is 0.320 e. The lowest BCUT2D eigenvalue weighted by molar-refractivity contribution is -0.139. The van der Waals surface area contributed by atoms with Crippen LogP contribution in [0, 0.1) is 0 Å². The molecule has 4 nitrogen and oxygen atoms in total. The molecule has 16 heavy (non-hydrogen) atoms. The number of aliphatic carboxylic acids is 1. The van der Waals surface area contributed by atoms with Gasteiger partial charge < -0.3 is 15.7 Å². The van der Waals surface area contributed by atoms with Crippen molar-refractivity contribution in [2.75, 3.05) is 11.9 Å². The van der Waals surface area contributed by atoms with Gasteiger partial charge in [0.2, 0.25) is 0 Å². The number of carboxylic acids is 1. The number of carboxylic acid groups (broad SMARTS) is 1. The van der Waals surface area contributed by atoms with Crippen molar-refractivity contribution in [1.82, 2.24) is 5.32 Å². The van der Waals surface area contributed by atoms with E-state index in [0.717, 1.165) is 5.69 Å². The highest BCUT2D eigenvalue weighted by Crippen LogP contribution is 2.18. The van der Waals surface area contributed by atoms with Crippen LogP contribution in [0.4, 0.5) is 5.69 Å². The quantitative estimate of drug-likeness (QED) is 0.751. The second-order valence-corrected chi connectivity index (χ2v) is 4.32. The van der Waals surface area contributed by atoms with Gasteiger partial charge in [-0.05, 0) is 24.6 Å². The largest absolute Gasteiger partial charge is 0.480 e. The third kappa shape index (κ3) is 2.65. The number of carbonyl (C=O) groups is 1. The van der Waals surface area contributed by atoms with Crippen LogP contribution >= 0.6 is 11.6 Å². The molecule has 0 saturated carbocycles. The Morgan fingerprint density at radius 2 is 2.38 bits per heavy atom. The fraction of sp³-hybridized carbons (Fsp3) is 0.364. The van der Waals surface area contributed by atoms with Crippen molar-refractivity contribution in [3.63, 3.8) is 0 Å². The molecule has 1 aliphatic rings. The Hall–Kier alpha value is -1.26. The molecule has 86 valence electrons. The number of halogens is 1. The predicted molar refractivity (Wildman–Crippen MR) is 62.9 cm³/mol. The van der Waals surface area contributed by atoms with E-state index in [9.17, 15) is 4.79 Å². The lowest BCUT2D eigenvalue weighted by Gasteiger charge is -2.12. The predicted octanol–water partition coefficient (Wildman–Crippen LogP) is 1.57. The summed E-state index contributed by atoms with van der Waals surface area (Å²) in [6.45, 7) is 0.656. The SMILES string of the molecule is O=C(O)C1CC(Nc2cccc(Cl)c2)CN1. The molecular weight excluding hydrogens is 228 g/mol. The number of benzene rings is 1. The van der Waals surface area contributed by atoms with Gasteiger partial charge >= 0.3 is 5.97 Å². The number of hydrogen-bond acceptors (Lipinski definition) is 3. The molecule has 0 aromatic heterocycles. The monoisotopic (exact) mass is 240 g/mol. The Morgan fingerprint density at radius 1 is 1.56 bits per heavy atom. The van der Waals surface area contributed by atoms with E-state index in [1.54, 1.807) is 6.07 Å². The summed E-state index contributed by atoms with van der Waals surface area (Å²) in [5.41, 5.74) is 0.922. The van der Waals surface area contributed by atoms with Crippen molar-refractivity contribution >= 4 is 23.3 Å². The number of nitrogens with one attached hydrogen (secondary N) is 2. The van der Waals surface area contributed by atoms with Gasteiger partial charge in [-0.2, -0.15) is 0 Å². The topological polar surface area (TPSA) is 61.4 Å². The van der Waals surface area contributed by atoms with E-state index in [1.807, 2.05) is 18.2 Å². The molecule has 2 rings (SSSR count). The molecule has 2 unspecified atom stereocenters. The van der Waals surface area contributed by atoms with E-state index in [4.69, 9.17) is 16.7 Å². The minimum Gasteiger partial charge on any atom is -0.480 e. The maximum absolute atomic E-state index is 10.7. The van der Waals surface area contributed by atoms with Crippen molar-refractivity contribution in [3.05, 3.63) is 29.3 Å². The zero-order valence-electron chi connectivity index (χ0n) is 8.61. The van der Waals surface area contributed by atoms with Crippen LogP contribution in [0.5, 0.6) is 0 Å². The van der Waals surface area contributed by atoms with Crippen LogP contribution in [0.25, 0.3) is 0 Å². The second-order valence-electron chi connectivity index (χ2n) is 3.89. The van der Waals surface area contributed by atoms with Crippen LogP contribution in [0.1, 0.15) is 6.42 Å². The van der Waals surface area contributed by atoms with Crippen LogP contribution in [-0.2, 0) is 4.79 Å². The Labute approximate surface area is 98.6 Å². The molecule has 1 fully saturated rings. The van der Waals surface area contributed by atoms with Gasteiger partial charge in [0.05, 0.1) is 0 Å². The van der Waals surface area contributed by atoms with E-state index in [-0.39, 0.29) is 6.04 Å². The van der Waals surface area contributed by atoms with Gasteiger partial charge in [-0.1, -0.05) is 17.7 Å². The third-order valence-electron chi connectivity index (χ3n) is 2.62. The zero-order valence-corrected chi connectivity index (χ0v) is 9.37. The summed E-state index contributed by atoms with van der Waals surface area (Å²) in [5.74, 6) is -0.796. The first-order valence-electron chi connectivity index (χ1n) is 5.13. The molecule has 0 spiro atoms. The zero-order chi connectivity index (χ0) is 11.5. The summed E-state index contributed by atoms with van der Waals surface area (Å²) < 4.78 is 0. The maximum atomic E-state index is 10.7. The fourth-order valence-electron chi connectivity index (χ4n) is 1.85. The molecule has 0 bridgehead atoms. The van der Waals surface area contributed by atoms with Gasteiger partial charge in [0.1, 0.15) is 6.04 Å². The molecule has 1 aromatic rings. The number of hydrogen-bond donors (Lipinski definition) is 3. The normalized spacial score (nSPS) is 24.3. The van der Waals surface area contributed by atoms with Crippen LogP contribution in [0.3, 0.4) is 0 Å².